The van der Waals surface area contributed by atoms with E-state index in [1.54, 1.807) is 12.1 Å². The molecular weight excluding hydrogens is 350 g/mol. The number of anilines is 1. The van der Waals surface area contributed by atoms with E-state index in [0.717, 1.165) is 0 Å². The fourth-order valence-corrected chi connectivity index (χ4v) is 2.61. The van der Waals surface area contributed by atoms with Gasteiger partial charge in [0.2, 0.25) is 5.91 Å². The Labute approximate surface area is 166 Å². The molecule has 4 rings (SSSR count). The molecule has 1 aliphatic heterocycles. The van der Waals surface area contributed by atoms with Gasteiger partial charge in [0, 0.05) is 52.2 Å². The highest BCUT2D eigenvalue weighted by Gasteiger charge is 2.31. The molecule has 1 saturated heterocycles. The van der Waals surface area contributed by atoms with Gasteiger partial charge in [0.05, 0.1) is 5.69 Å². The second kappa shape index (κ2) is 7.25. The number of nitrogens with one attached hydrogen (secondary N) is 1. The van der Waals surface area contributed by atoms with Crippen molar-refractivity contribution in [3.63, 3.8) is 0 Å². The van der Waals surface area contributed by atoms with Crippen LogP contribution in [0, 0.1) is 5.89 Å². The average molecular weight is 375 g/mol. The van der Waals surface area contributed by atoms with Gasteiger partial charge in [-0.05, 0) is 42.9 Å². The molecule has 1 amide bonds. The van der Waals surface area contributed by atoms with E-state index in [1.807, 2.05) is 0 Å². The maximum atomic E-state index is 13.6. The molecule has 0 spiro atoms. The molecule has 26 heavy (non-hydrogen) atoms. The maximum absolute atomic E-state index is 13.6. The molecule has 0 aliphatic carbocycles. The number of halogens is 1. The van der Waals surface area contributed by atoms with Crippen LogP contribution in [0.15, 0.2) is 48.9 Å². The summed E-state index contributed by atoms with van der Waals surface area (Å²) in [5.74, 6) is -4.27. The van der Waals surface area contributed by atoms with Gasteiger partial charge in [0.25, 0.3) is 0 Å². The summed E-state index contributed by atoms with van der Waals surface area (Å²) in [6.45, 7) is -3.15. The normalized spacial score (nSPS) is 30.1. The number of carbonyl (C=O) groups excluding carboxylic acids is 1. The summed E-state index contributed by atoms with van der Waals surface area (Å²) >= 11 is 5.78. The Bertz CT molecular complexity index is 1190. The smallest absolute Gasteiger partial charge is 0.231 e. The number of carbonyl (C=O) groups is 1. The molecule has 7 heteroatoms. The predicted molar refractivity (Wildman–Crippen MR) is 99.8 cm³/mol. The van der Waals surface area contributed by atoms with Gasteiger partial charge in [-0.25, -0.2) is 4.98 Å². The zero-order chi connectivity index (χ0) is 24.2. The van der Waals surface area contributed by atoms with Gasteiger partial charge in [-0.3, -0.25) is 19.8 Å². The molecular formula is C19H18ClN5O. The van der Waals surface area contributed by atoms with Crippen LogP contribution in [0.5, 0.6) is 0 Å². The van der Waals surface area contributed by atoms with Crippen molar-refractivity contribution in [2.45, 2.75) is 19.2 Å². The van der Waals surface area contributed by atoms with Gasteiger partial charge in [-0.1, -0.05) is 17.7 Å². The third-order valence-corrected chi connectivity index (χ3v) is 4.02. The van der Waals surface area contributed by atoms with E-state index in [2.05, 4.69) is 20.2 Å². The van der Waals surface area contributed by atoms with E-state index in [1.165, 1.54) is 36.8 Å². The lowest BCUT2D eigenvalue weighted by atomic mass is 9.91. The van der Waals surface area contributed by atoms with Crippen molar-refractivity contribution in [3.8, 4) is 11.3 Å². The van der Waals surface area contributed by atoms with E-state index in [0.29, 0.717) is 16.2 Å². The third-order valence-electron chi connectivity index (χ3n) is 3.80. The number of pyridine rings is 2. The van der Waals surface area contributed by atoms with Crippen molar-refractivity contribution in [2.24, 2.45) is 5.89 Å². The zero-order valence-electron chi connectivity index (χ0n) is 20.4. The second-order valence-electron chi connectivity index (χ2n) is 5.52. The summed E-state index contributed by atoms with van der Waals surface area (Å²) in [6.07, 6.45) is -2.71. The lowest BCUT2D eigenvalue weighted by Crippen LogP contribution is -2.42. The standard InChI is InChI=1S/C19H18ClN5O/c20-17-4-3-13(12-22-17)10-15-2-1-9-25(19(15)26)18-11-16(23-24-18)14-5-7-21-8-6-14/h3-8,11-12,15H,1-2,9-10H2,(H,23,24)/t15-/m0/s1/i1D2,2D2,9D2,15D. The largest absolute Gasteiger partial charge is 0.295 e. The average Bonchev–Trinajstić information content (AvgIpc) is 3.24. The summed E-state index contributed by atoms with van der Waals surface area (Å²) in [5, 5.41) is 6.80. The number of nitrogens with zero attached hydrogens (tertiary/aromatic N) is 4. The summed E-state index contributed by atoms with van der Waals surface area (Å²) in [5.41, 5.74) is 1.31. The maximum Gasteiger partial charge on any atom is 0.231 e. The molecule has 1 fully saturated rings. The van der Waals surface area contributed by atoms with Gasteiger partial charge in [0.15, 0.2) is 5.82 Å². The number of hydrogen-bond acceptors (Lipinski definition) is 4. The first kappa shape index (κ1) is 10.4. The summed E-state index contributed by atoms with van der Waals surface area (Å²) in [7, 11) is 0. The Balaban J connectivity index is 1.83. The molecule has 0 saturated carbocycles. The van der Waals surface area contributed by atoms with Crippen LogP contribution in [0.3, 0.4) is 0 Å². The van der Waals surface area contributed by atoms with Crippen LogP contribution >= 0.6 is 11.6 Å². The Morgan fingerprint density at radius 3 is 2.96 bits per heavy atom. The Morgan fingerprint density at radius 1 is 1.35 bits per heavy atom. The van der Waals surface area contributed by atoms with E-state index >= 15 is 0 Å². The molecule has 3 aromatic heterocycles. The number of aromatic amines is 1. The highest BCUT2D eigenvalue weighted by atomic mass is 35.5. The number of hydrogen-bond donors (Lipinski definition) is 1. The summed E-state index contributed by atoms with van der Waals surface area (Å²) in [6, 6.07) is 7.51. The zero-order valence-corrected chi connectivity index (χ0v) is 14.2. The molecule has 1 N–H and O–H groups in total. The molecule has 6 nitrogen and oxygen atoms in total. The monoisotopic (exact) mass is 374 g/mol. The fraction of sp³-hybridized carbons (Fsp3) is 0.263. The number of piperidine rings is 1. The Hall–Kier alpha value is -2.73. The van der Waals surface area contributed by atoms with Crippen molar-refractivity contribution in [2.75, 3.05) is 11.4 Å². The van der Waals surface area contributed by atoms with Gasteiger partial charge in [0.1, 0.15) is 5.15 Å². The first-order valence-electron chi connectivity index (χ1n) is 11.2. The molecule has 0 aromatic carbocycles. The minimum Gasteiger partial charge on any atom is -0.295 e. The SMILES string of the molecule is [2H]C1([2H])N(c2cc(-c3ccncc3)[nH]n2)C(=O)[C@]([2H])(Cc2ccc(Cl)nc2)C([2H])([2H])C1([2H])[2H]. The van der Waals surface area contributed by atoms with Gasteiger partial charge < -0.3 is 0 Å². The fourth-order valence-electron chi connectivity index (χ4n) is 2.50. The first-order valence-corrected chi connectivity index (χ1v) is 8.12. The molecule has 0 unspecified atom stereocenters. The molecule has 0 bridgehead atoms. The van der Waals surface area contributed by atoms with Crippen LogP contribution in [0.4, 0.5) is 5.82 Å². The van der Waals surface area contributed by atoms with E-state index < -0.39 is 37.5 Å². The van der Waals surface area contributed by atoms with E-state index in [4.69, 9.17) is 21.2 Å². The van der Waals surface area contributed by atoms with Gasteiger partial charge in [-0.2, -0.15) is 5.10 Å². The molecule has 4 heterocycles. The van der Waals surface area contributed by atoms with Crippen LogP contribution in [0.1, 0.15) is 27.9 Å². The van der Waals surface area contributed by atoms with Crippen LogP contribution in [0.2, 0.25) is 5.15 Å². The molecule has 1 atom stereocenters. The molecule has 1 aliphatic rings. The predicted octanol–water partition coefficient (Wildman–Crippen LogP) is 3.51. The van der Waals surface area contributed by atoms with Gasteiger partial charge in [-0.15, -0.1) is 0 Å². The number of rotatable bonds is 4. The highest BCUT2D eigenvalue weighted by molar-refractivity contribution is 6.29. The summed E-state index contributed by atoms with van der Waals surface area (Å²) < 4.78 is 59.1. The Kier molecular flexibility index (Phi) is 2.91. The lowest BCUT2D eigenvalue weighted by molar-refractivity contribution is -0.123. The van der Waals surface area contributed by atoms with Crippen LogP contribution in [-0.2, 0) is 11.2 Å². The number of H-pyrrole nitrogens is 1. The first-order chi connectivity index (χ1) is 15.3. The topological polar surface area (TPSA) is 74.8 Å². The van der Waals surface area contributed by atoms with Crippen molar-refractivity contribution in [1.82, 2.24) is 20.2 Å². The van der Waals surface area contributed by atoms with Crippen LogP contribution < -0.4 is 4.90 Å². The minimum absolute atomic E-state index is 0.157. The quantitative estimate of drug-likeness (QED) is 0.709. The third kappa shape index (κ3) is 3.46. The lowest BCUT2D eigenvalue weighted by Gasteiger charge is -2.30. The molecule has 0 radical (unpaired) electrons. The minimum atomic E-state index is -3.27. The van der Waals surface area contributed by atoms with Crippen LogP contribution in [-0.4, -0.2) is 32.6 Å². The number of aromatic nitrogens is 4. The van der Waals surface area contributed by atoms with E-state index in [-0.39, 0.29) is 16.5 Å². The van der Waals surface area contributed by atoms with Crippen molar-refractivity contribution in [1.29, 1.82) is 0 Å². The van der Waals surface area contributed by atoms with Crippen molar-refractivity contribution in [3.05, 3.63) is 59.6 Å². The highest BCUT2D eigenvalue weighted by Crippen LogP contribution is 2.28. The number of amides is 1. The Morgan fingerprint density at radius 2 is 2.19 bits per heavy atom. The second-order valence-corrected chi connectivity index (χ2v) is 5.91. The van der Waals surface area contributed by atoms with E-state index in [9.17, 15) is 4.79 Å². The summed E-state index contributed by atoms with van der Waals surface area (Å²) in [4.78, 5) is 21.8. The van der Waals surface area contributed by atoms with Crippen LogP contribution in [0.25, 0.3) is 11.3 Å². The van der Waals surface area contributed by atoms with Crippen molar-refractivity contribution >= 4 is 23.3 Å². The van der Waals surface area contributed by atoms with Crippen molar-refractivity contribution < 1.29 is 14.4 Å². The molecule has 132 valence electrons. The molecule has 3 aromatic rings. The van der Waals surface area contributed by atoms with Gasteiger partial charge >= 0.3 is 0 Å².